The van der Waals surface area contributed by atoms with E-state index in [-0.39, 0.29) is 24.2 Å². The fourth-order valence-electron chi connectivity index (χ4n) is 4.25. The second-order valence-electron chi connectivity index (χ2n) is 9.24. The highest BCUT2D eigenvalue weighted by Crippen LogP contribution is 2.26. The third-order valence-corrected chi connectivity index (χ3v) is 8.05. The molecule has 2 aromatic rings. The summed E-state index contributed by atoms with van der Waals surface area (Å²) in [6, 6.07) is 11.3. The molecule has 3 rings (SSSR count). The van der Waals surface area contributed by atoms with Gasteiger partial charge in [0.25, 0.3) is 0 Å². The highest BCUT2D eigenvalue weighted by atomic mass is 35.5. The largest absolute Gasteiger partial charge is 0.497 e. The smallest absolute Gasteiger partial charge is 0.244 e. The number of carbonyl (C=O) groups is 2. The predicted octanol–water partition coefficient (Wildman–Crippen LogP) is 3.90. The summed E-state index contributed by atoms with van der Waals surface area (Å²) in [7, 11) is -2.25. The van der Waals surface area contributed by atoms with Crippen molar-refractivity contribution in [3.05, 3.63) is 58.6 Å². The minimum absolute atomic E-state index is 0.0973. The third kappa shape index (κ3) is 7.13. The predicted molar refractivity (Wildman–Crippen MR) is 142 cm³/mol. The number of hydrogen-bond donors (Lipinski definition) is 1. The summed E-state index contributed by atoms with van der Waals surface area (Å²) in [6.45, 7) is 3.15. The number of methoxy groups -OCH3 is 1. The summed E-state index contributed by atoms with van der Waals surface area (Å²) < 4.78 is 31.6. The molecule has 1 aliphatic carbocycles. The standard InChI is InChI=1S/C26H34ClN3O5S/c1-18-9-12-22(15-24(18)27)30(36(4,33)34)17-25(31)29(16-20-10-13-23(35-3)14-11-20)19(2)26(32)28-21-7-5-6-8-21/h9-15,19,21H,5-8,16-17H2,1-4H3,(H,28,32)/t19-/m0/s1. The van der Waals surface area contributed by atoms with Crippen molar-refractivity contribution in [1.29, 1.82) is 0 Å². The number of carbonyl (C=O) groups excluding carboxylic acids is 2. The summed E-state index contributed by atoms with van der Waals surface area (Å²) in [5.41, 5.74) is 1.86. The average Bonchev–Trinajstić information content (AvgIpc) is 3.35. The summed E-state index contributed by atoms with van der Waals surface area (Å²) in [5, 5.41) is 3.44. The number of nitrogens with one attached hydrogen (secondary N) is 1. The van der Waals surface area contributed by atoms with Gasteiger partial charge in [-0.2, -0.15) is 0 Å². The van der Waals surface area contributed by atoms with Crippen LogP contribution in [0.4, 0.5) is 5.69 Å². The lowest BCUT2D eigenvalue weighted by atomic mass is 10.1. The zero-order valence-corrected chi connectivity index (χ0v) is 22.7. The fourth-order valence-corrected chi connectivity index (χ4v) is 5.27. The van der Waals surface area contributed by atoms with E-state index in [9.17, 15) is 18.0 Å². The molecule has 1 atom stereocenters. The highest BCUT2D eigenvalue weighted by Gasteiger charge is 2.31. The van der Waals surface area contributed by atoms with Gasteiger partial charge in [-0.25, -0.2) is 8.42 Å². The number of amides is 2. The Morgan fingerprint density at radius 3 is 2.33 bits per heavy atom. The van der Waals surface area contributed by atoms with Gasteiger partial charge in [0.2, 0.25) is 21.8 Å². The molecular weight excluding hydrogens is 502 g/mol. The van der Waals surface area contributed by atoms with Crippen LogP contribution in [0.5, 0.6) is 5.75 Å². The number of benzene rings is 2. The Morgan fingerprint density at radius 2 is 1.78 bits per heavy atom. The lowest BCUT2D eigenvalue weighted by Crippen LogP contribution is -2.52. The van der Waals surface area contributed by atoms with Crippen LogP contribution in [0.25, 0.3) is 0 Å². The number of rotatable bonds is 10. The zero-order chi connectivity index (χ0) is 26.5. The first-order valence-electron chi connectivity index (χ1n) is 12.0. The molecule has 2 aromatic carbocycles. The summed E-state index contributed by atoms with van der Waals surface area (Å²) in [6.07, 6.45) is 5.01. The lowest BCUT2D eigenvalue weighted by molar-refractivity contribution is -0.139. The Labute approximate surface area is 218 Å². The Bertz CT molecular complexity index is 1180. The highest BCUT2D eigenvalue weighted by molar-refractivity contribution is 7.92. The van der Waals surface area contributed by atoms with Crippen molar-refractivity contribution >= 4 is 39.1 Å². The molecule has 1 fully saturated rings. The molecule has 0 aliphatic heterocycles. The minimum Gasteiger partial charge on any atom is -0.497 e. The molecule has 36 heavy (non-hydrogen) atoms. The lowest BCUT2D eigenvalue weighted by Gasteiger charge is -2.32. The van der Waals surface area contributed by atoms with E-state index >= 15 is 0 Å². The number of anilines is 1. The zero-order valence-electron chi connectivity index (χ0n) is 21.2. The molecule has 0 radical (unpaired) electrons. The van der Waals surface area contributed by atoms with Crippen molar-refractivity contribution in [2.24, 2.45) is 0 Å². The molecule has 0 spiro atoms. The van der Waals surface area contributed by atoms with Crippen LogP contribution < -0.4 is 14.4 Å². The first-order valence-corrected chi connectivity index (χ1v) is 14.2. The maximum absolute atomic E-state index is 13.6. The van der Waals surface area contributed by atoms with Crippen LogP contribution in [0.2, 0.25) is 5.02 Å². The number of aryl methyl sites for hydroxylation is 1. The molecule has 196 valence electrons. The van der Waals surface area contributed by atoms with Gasteiger partial charge in [0, 0.05) is 17.6 Å². The second-order valence-corrected chi connectivity index (χ2v) is 11.6. The van der Waals surface area contributed by atoms with Gasteiger partial charge < -0.3 is 15.0 Å². The van der Waals surface area contributed by atoms with Crippen molar-refractivity contribution in [3.63, 3.8) is 0 Å². The monoisotopic (exact) mass is 535 g/mol. The minimum atomic E-state index is -3.81. The quantitative estimate of drug-likeness (QED) is 0.498. The molecular formula is C26H34ClN3O5S. The van der Waals surface area contributed by atoms with E-state index in [0.29, 0.717) is 10.8 Å². The molecule has 0 heterocycles. The molecule has 10 heteroatoms. The van der Waals surface area contributed by atoms with Crippen LogP contribution in [-0.4, -0.2) is 57.1 Å². The van der Waals surface area contributed by atoms with Crippen molar-refractivity contribution in [2.45, 2.75) is 58.2 Å². The second kappa shape index (κ2) is 12.0. The van der Waals surface area contributed by atoms with Crippen molar-refractivity contribution in [2.75, 3.05) is 24.2 Å². The molecule has 0 bridgehead atoms. The number of halogens is 1. The normalized spacial score (nSPS) is 14.8. The maximum Gasteiger partial charge on any atom is 0.244 e. The summed E-state index contributed by atoms with van der Waals surface area (Å²) >= 11 is 6.23. The van der Waals surface area contributed by atoms with Crippen LogP contribution in [0.1, 0.15) is 43.7 Å². The SMILES string of the molecule is COc1ccc(CN(C(=O)CN(c2ccc(C)c(Cl)c2)S(C)(=O)=O)[C@@H](C)C(=O)NC2CCCC2)cc1. The Hall–Kier alpha value is -2.78. The fraction of sp³-hybridized carbons (Fsp3) is 0.462. The van der Waals surface area contributed by atoms with Crippen LogP contribution >= 0.6 is 11.6 Å². The molecule has 0 saturated heterocycles. The molecule has 1 aliphatic rings. The summed E-state index contributed by atoms with van der Waals surface area (Å²) in [5.74, 6) is -0.0850. The van der Waals surface area contributed by atoms with E-state index in [0.717, 1.165) is 47.4 Å². The van der Waals surface area contributed by atoms with E-state index in [2.05, 4.69) is 5.32 Å². The Kier molecular flexibility index (Phi) is 9.24. The molecule has 0 unspecified atom stereocenters. The van der Waals surface area contributed by atoms with E-state index in [1.165, 1.54) is 11.0 Å². The third-order valence-electron chi connectivity index (χ3n) is 6.50. The molecule has 8 nitrogen and oxygen atoms in total. The molecule has 2 amide bonds. The van der Waals surface area contributed by atoms with Crippen molar-refractivity contribution in [3.8, 4) is 5.75 Å². The number of ether oxygens (including phenoxy) is 1. The number of sulfonamides is 1. The molecule has 1 saturated carbocycles. The van der Waals surface area contributed by atoms with Gasteiger partial charge in [-0.3, -0.25) is 13.9 Å². The molecule has 0 aromatic heterocycles. The Morgan fingerprint density at radius 1 is 1.14 bits per heavy atom. The number of nitrogens with zero attached hydrogens (tertiary/aromatic N) is 2. The molecule has 1 N–H and O–H groups in total. The van der Waals surface area contributed by atoms with E-state index < -0.39 is 28.5 Å². The van der Waals surface area contributed by atoms with Crippen LogP contribution in [0.3, 0.4) is 0 Å². The van der Waals surface area contributed by atoms with E-state index in [1.807, 2.05) is 19.1 Å². The maximum atomic E-state index is 13.6. The van der Waals surface area contributed by atoms with Crippen LogP contribution in [0.15, 0.2) is 42.5 Å². The summed E-state index contributed by atoms with van der Waals surface area (Å²) in [4.78, 5) is 28.1. The van der Waals surface area contributed by atoms with Gasteiger partial charge in [0.1, 0.15) is 18.3 Å². The first kappa shape index (κ1) is 27.8. The number of hydrogen-bond acceptors (Lipinski definition) is 5. The van der Waals surface area contributed by atoms with Crippen molar-refractivity contribution < 1.29 is 22.7 Å². The van der Waals surface area contributed by atoms with E-state index in [4.69, 9.17) is 16.3 Å². The van der Waals surface area contributed by atoms with Crippen molar-refractivity contribution in [1.82, 2.24) is 10.2 Å². The van der Waals surface area contributed by atoms with E-state index in [1.54, 1.807) is 38.3 Å². The van der Waals surface area contributed by atoms with Gasteiger partial charge in [-0.1, -0.05) is 42.6 Å². The topological polar surface area (TPSA) is 96.0 Å². The average molecular weight is 536 g/mol. The van der Waals surface area contributed by atoms with Gasteiger partial charge in [0.05, 0.1) is 19.1 Å². The first-order chi connectivity index (χ1) is 17.0. The van der Waals surface area contributed by atoms with Gasteiger partial charge in [-0.15, -0.1) is 0 Å². The van der Waals surface area contributed by atoms with Gasteiger partial charge in [0.15, 0.2) is 0 Å². The van der Waals surface area contributed by atoms with Crippen LogP contribution in [-0.2, 0) is 26.2 Å². The van der Waals surface area contributed by atoms with Gasteiger partial charge >= 0.3 is 0 Å². The van der Waals surface area contributed by atoms with Gasteiger partial charge in [-0.05, 0) is 62.1 Å². The Balaban J connectivity index is 1.88. The van der Waals surface area contributed by atoms with Crippen LogP contribution in [0, 0.1) is 6.92 Å².